The van der Waals surface area contributed by atoms with Gasteiger partial charge in [0, 0.05) is 31.6 Å². The normalized spacial score (nSPS) is 18.0. The fourth-order valence-corrected chi connectivity index (χ4v) is 5.19. The highest BCUT2D eigenvalue weighted by Gasteiger charge is 2.30. The second-order valence-corrected chi connectivity index (χ2v) is 9.04. The number of piperidine rings is 1. The van der Waals surface area contributed by atoms with E-state index in [4.69, 9.17) is 0 Å². The number of carbonyl (C=O) groups is 1. The summed E-state index contributed by atoms with van der Waals surface area (Å²) in [5.41, 5.74) is 1.42. The first-order chi connectivity index (χ1) is 15.5. The molecule has 2 aliphatic rings. The van der Waals surface area contributed by atoms with Gasteiger partial charge in [-0.3, -0.25) is 18.7 Å². The van der Waals surface area contributed by atoms with Gasteiger partial charge in [0.05, 0.1) is 11.4 Å². The van der Waals surface area contributed by atoms with Gasteiger partial charge in [-0.2, -0.15) is 0 Å². The SMILES string of the molecule is CCn1c(=O)c(N2CCC(C(=O)NC3CCCCC3)CC2)c(C)n(-c2ccccc2)c1=O. The Kier molecular flexibility index (Phi) is 6.82. The highest BCUT2D eigenvalue weighted by molar-refractivity contribution is 5.79. The van der Waals surface area contributed by atoms with Crippen LogP contribution in [0.15, 0.2) is 39.9 Å². The van der Waals surface area contributed by atoms with E-state index in [1.54, 1.807) is 4.57 Å². The second kappa shape index (κ2) is 9.76. The lowest BCUT2D eigenvalue weighted by Gasteiger charge is -2.35. The highest BCUT2D eigenvalue weighted by atomic mass is 16.2. The summed E-state index contributed by atoms with van der Waals surface area (Å²) in [6, 6.07) is 9.76. The van der Waals surface area contributed by atoms with Crippen LogP contribution in [0.1, 0.15) is 57.6 Å². The molecule has 0 unspecified atom stereocenters. The average Bonchev–Trinajstić information content (AvgIpc) is 2.81. The Morgan fingerprint density at radius 2 is 1.66 bits per heavy atom. The zero-order chi connectivity index (χ0) is 22.7. The van der Waals surface area contributed by atoms with Crippen molar-refractivity contribution >= 4 is 11.6 Å². The van der Waals surface area contributed by atoms with Crippen LogP contribution in [0, 0.1) is 12.8 Å². The van der Waals surface area contributed by atoms with Crippen LogP contribution in [0.25, 0.3) is 5.69 Å². The lowest BCUT2D eigenvalue weighted by molar-refractivity contribution is -0.126. The zero-order valence-corrected chi connectivity index (χ0v) is 19.2. The van der Waals surface area contributed by atoms with Gasteiger partial charge in [-0.25, -0.2) is 4.79 Å². The van der Waals surface area contributed by atoms with Gasteiger partial charge < -0.3 is 10.2 Å². The number of aromatic nitrogens is 2. The summed E-state index contributed by atoms with van der Waals surface area (Å²) in [4.78, 5) is 41.1. The molecule has 7 heteroatoms. The van der Waals surface area contributed by atoms with E-state index in [0.717, 1.165) is 18.5 Å². The van der Waals surface area contributed by atoms with Crippen molar-refractivity contribution in [3.05, 3.63) is 56.9 Å². The van der Waals surface area contributed by atoms with E-state index in [0.29, 0.717) is 49.9 Å². The molecule has 172 valence electrons. The predicted octanol–water partition coefficient (Wildman–Crippen LogP) is 2.99. The van der Waals surface area contributed by atoms with Crippen molar-refractivity contribution in [1.29, 1.82) is 0 Å². The number of hydrogen-bond acceptors (Lipinski definition) is 4. The monoisotopic (exact) mass is 438 g/mol. The number of benzene rings is 1. The van der Waals surface area contributed by atoms with E-state index >= 15 is 0 Å². The smallest absolute Gasteiger partial charge is 0.335 e. The number of anilines is 1. The fraction of sp³-hybridized carbons (Fsp3) is 0.560. The minimum Gasteiger partial charge on any atom is -0.366 e. The van der Waals surface area contributed by atoms with E-state index in [1.165, 1.54) is 23.8 Å². The molecule has 32 heavy (non-hydrogen) atoms. The Morgan fingerprint density at radius 1 is 1.00 bits per heavy atom. The maximum Gasteiger partial charge on any atom is 0.335 e. The second-order valence-electron chi connectivity index (χ2n) is 9.04. The minimum atomic E-state index is -0.313. The molecule has 1 saturated heterocycles. The van der Waals surface area contributed by atoms with Gasteiger partial charge in [0.1, 0.15) is 5.69 Å². The Labute approximate surface area is 189 Å². The van der Waals surface area contributed by atoms with Gasteiger partial charge in [-0.1, -0.05) is 37.5 Å². The van der Waals surface area contributed by atoms with Gasteiger partial charge in [0.2, 0.25) is 5.91 Å². The van der Waals surface area contributed by atoms with Crippen molar-refractivity contribution in [1.82, 2.24) is 14.5 Å². The summed E-state index contributed by atoms with van der Waals surface area (Å²) in [6.45, 7) is 5.25. The van der Waals surface area contributed by atoms with Crippen LogP contribution in [0.4, 0.5) is 5.69 Å². The van der Waals surface area contributed by atoms with Gasteiger partial charge in [-0.15, -0.1) is 0 Å². The summed E-state index contributed by atoms with van der Waals surface area (Å²) < 4.78 is 2.93. The lowest BCUT2D eigenvalue weighted by atomic mass is 9.92. The molecule has 1 amide bonds. The van der Waals surface area contributed by atoms with Crippen LogP contribution in [-0.4, -0.2) is 34.2 Å². The van der Waals surface area contributed by atoms with Crippen molar-refractivity contribution in [2.45, 2.75) is 71.4 Å². The molecular formula is C25H34N4O3. The van der Waals surface area contributed by atoms with Gasteiger partial charge in [0.15, 0.2) is 0 Å². The van der Waals surface area contributed by atoms with Crippen molar-refractivity contribution in [2.75, 3.05) is 18.0 Å². The summed E-state index contributed by atoms with van der Waals surface area (Å²) in [7, 11) is 0. The molecule has 4 rings (SSSR count). The molecule has 1 N–H and O–H groups in total. The van der Waals surface area contributed by atoms with Crippen molar-refractivity contribution in [3.8, 4) is 5.69 Å². The summed E-state index contributed by atoms with van der Waals surface area (Å²) in [5, 5.41) is 3.25. The maximum atomic E-state index is 13.2. The number of amides is 1. The molecule has 0 spiro atoms. The number of rotatable bonds is 5. The first kappa shape index (κ1) is 22.4. The molecule has 2 heterocycles. The van der Waals surface area contributed by atoms with Crippen molar-refractivity contribution < 1.29 is 4.79 Å². The molecular weight excluding hydrogens is 404 g/mol. The van der Waals surface area contributed by atoms with Crippen LogP contribution in [0.5, 0.6) is 0 Å². The molecule has 2 fully saturated rings. The lowest BCUT2D eigenvalue weighted by Crippen LogP contribution is -2.48. The topological polar surface area (TPSA) is 76.3 Å². The number of nitrogens with zero attached hydrogens (tertiary/aromatic N) is 3. The summed E-state index contributed by atoms with van der Waals surface area (Å²) in [6.07, 6.45) is 7.27. The molecule has 0 radical (unpaired) electrons. The summed E-state index contributed by atoms with van der Waals surface area (Å²) >= 11 is 0. The highest BCUT2D eigenvalue weighted by Crippen LogP contribution is 2.25. The van der Waals surface area contributed by atoms with Crippen LogP contribution in [-0.2, 0) is 11.3 Å². The third-order valence-electron chi connectivity index (χ3n) is 7.01. The first-order valence-electron chi connectivity index (χ1n) is 12.0. The van der Waals surface area contributed by atoms with Crippen molar-refractivity contribution in [3.63, 3.8) is 0 Å². The van der Waals surface area contributed by atoms with Crippen LogP contribution >= 0.6 is 0 Å². The fourth-order valence-electron chi connectivity index (χ4n) is 5.19. The van der Waals surface area contributed by atoms with E-state index in [2.05, 4.69) is 10.2 Å². The quantitative estimate of drug-likeness (QED) is 0.779. The predicted molar refractivity (Wildman–Crippen MR) is 127 cm³/mol. The summed E-state index contributed by atoms with van der Waals surface area (Å²) in [5.74, 6) is 0.149. The number of carbonyl (C=O) groups excluding carboxylic acids is 1. The Balaban J connectivity index is 1.56. The number of hydrogen-bond donors (Lipinski definition) is 1. The van der Waals surface area contributed by atoms with Gasteiger partial charge >= 0.3 is 5.69 Å². The Morgan fingerprint density at radius 3 is 2.28 bits per heavy atom. The largest absolute Gasteiger partial charge is 0.366 e. The van der Waals surface area contributed by atoms with E-state index in [-0.39, 0.29) is 23.1 Å². The first-order valence-corrected chi connectivity index (χ1v) is 12.0. The van der Waals surface area contributed by atoms with Crippen LogP contribution < -0.4 is 21.5 Å². The molecule has 0 atom stereocenters. The van der Waals surface area contributed by atoms with Gasteiger partial charge in [-0.05, 0) is 51.7 Å². The molecule has 7 nitrogen and oxygen atoms in total. The number of nitrogens with one attached hydrogen (secondary N) is 1. The Hall–Kier alpha value is -2.83. The third-order valence-corrected chi connectivity index (χ3v) is 7.01. The molecule has 1 aliphatic heterocycles. The molecule has 0 bridgehead atoms. The number of para-hydroxylation sites is 1. The molecule has 2 aromatic rings. The van der Waals surface area contributed by atoms with E-state index in [1.807, 2.05) is 44.2 Å². The van der Waals surface area contributed by atoms with Crippen LogP contribution in [0.3, 0.4) is 0 Å². The Bertz CT molecular complexity index is 1060. The zero-order valence-electron chi connectivity index (χ0n) is 19.2. The molecule has 1 aromatic heterocycles. The van der Waals surface area contributed by atoms with E-state index in [9.17, 15) is 14.4 Å². The molecule has 1 saturated carbocycles. The van der Waals surface area contributed by atoms with Crippen LogP contribution in [0.2, 0.25) is 0 Å². The van der Waals surface area contributed by atoms with Gasteiger partial charge in [0.25, 0.3) is 5.56 Å². The molecule has 1 aromatic carbocycles. The van der Waals surface area contributed by atoms with E-state index < -0.39 is 0 Å². The average molecular weight is 439 g/mol. The molecule has 1 aliphatic carbocycles. The maximum absolute atomic E-state index is 13.2. The minimum absolute atomic E-state index is 0.0121. The van der Waals surface area contributed by atoms with Crippen molar-refractivity contribution in [2.24, 2.45) is 5.92 Å². The third kappa shape index (κ3) is 4.38. The standard InChI is InChI=1S/C25H34N4O3/c1-3-28-24(31)22(18(2)29(25(28)32)21-12-8-5-9-13-21)27-16-14-19(15-17-27)23(30)26-20-10-6-4-7-11-20/h5,8-9,12-13,19-20H,3-4,6-7,10-11,14-17H2,1-2H3,(H,26,30).